The molecule has 1 aromatic rings. The maximum absolute atomic E-state index is 12.8. The molecule has 1 saturated carbocycles. The van der Waals surface area contributed by atoms with Crippen LogP contribution in [-0.4, -0.2) is 32.4 Å². The van der Waals surface area contributed by atoms with Gasteiger partial charge in [0, 0.05) is 18.6 Å². The molecule has 0 heterocycles. The number of sulfonamides is 1. The fourth-order valence-electron chi connectivity index (χ4n) is 2.33. The fourth-order valence-corrected chi connectivity index (χ4v) is 4.16. The van der Waals surface area contributed by atoms with E-state index in [1.807, 2.05) is 33.0 Å². The van der Waals surface area contributed by atoms with E-state index < -0.39 is 10.0 Å². The van der Waals surface area contributed by atoms with Crippen LogP contribution in [0.5, 0.6) is 0 Å². The van der Waals surface area contributed by atoms with Crippen LogP contribution in [0.25, 0.3) is 0 Å². The predicted molar refractivity (Wildman–Crippen MR) is 81.1 cm³/mol. The van der Waals surface area contributed by atoms with Crippen LogP contribution in [0, 0.1) is 0 Å². The number of hydrogen-bond acceptors (Lipinski definition) is 3. The summed E-state index contributed by atoms with van der Waals surface area (Å²) < 4.78 is 27.2. The maximum atomic E-state index is 12.8. The minimum absolute atomic E-state index is 0.144. The van der Waals surface area contributed by atoms with Gasteiger partial charge in [0.15, 0.2) is 0 Å². The largest absolute Gasteiger partial charge is 0.313 e. The quantitative estimate of drug-likeness (QED) is 0.841. The van der Waals surface area contributed by atoms with E-state index in [1.165, 1.54) is 0 Å². The zero-order valence-electron chi connectivity index (χ0n) is 12.5. The highest BCUT2D eigenvalue weighted by molar-refractivity contribution is 7.89. The van der Waals surface area contributed by atoms with Gasteiger partial charge in [0.1, 0.15) is 0 Å². The fraction of sp³-hybridized carbons (Fsp3) is 0.600. The van der Waals surface area contributed by atoms with Gasteiger partial charge in [0.25, 0.3) is 0 Å². The molecule has 1 aliphatic rings. The Labute approximate surface area is 122 Å². The van der Waals surface area contributed by atoms with E-state index >= 15 is 0 Å². The lowest BCUT2D eigenvalue weighted by molar-refractivity contribution is 0.403. The summed E-state index contributed by atoms with van der Waals surface area (Å²) in [4.78, 5) is 0.414. The molecular formula is C15H24N2O2S. The van der Waals surface area contributed by atoms with Gasteiger partial charge in [-0.2, -0.15) is 4.31 Å². The summed E-state index contributed by atoms with van der Waals surface area (Å²) in [7, 11) is -1.48. The average Bonchev–Trinajstić information content (AvgIpc) is 3.28. The van der Waals surface area contributed by atoms with Crippen molar-refractivity contribution in [2.75, 3.05) is 13.6 Å². The van der Waals surface area contributed by atoms with Crippen LogP contribution in [-0.2, 0) is 10.0 Å². The number of nitrogens with one attached hydrogen (secondary N) is 1. The third-order valence-corrected chi connectivity index (χ3v) is 5.74. The SMILES string of the molecule is CCCN(C1CC1)S(=O)(=O)c1cccc(C(C)NC)c1. The van der Waals surface area contributed by atoms with Crippen molar-refractivity contribution in [2.45, 2.75) is 50.1 Å². The lowest BCUT2D eigenvalue weighted by Gasteiger charge is -2.22. The maximum Gasteiger partial charge on any atom is 0.243 e. The molecule has 0 aliphatic heterocycles. The summed E-state index contributed by atoms with van der Waals surface area (Å²) >= 11 is 0. The summed E-state index contributed by atoms with van der Waals surface area (Å²) in [6.45, 7) is 4.65. The topological polar surface area (TPSA) is 49.4 Å². The van der Waals surface area contributed by atoms with Crippen molar-refractivity contribution < 1.29 is 8.42 Å². The van der Waals surface area contributed by atoms with E-state index in [4.69, 9.17) is 0 Å². The lowest BCUT2D eigenvalue weighted by atomic mass is 10.1. The van der Waals surface area contributed by atoms with Gasteiger partial charge >= 0.3 is 0 Å². The van der Waals surface area contributed by atoms with Crippen LogP contribution < -0.4 is 5.32 Å². The van der Waals surface area contributed by atoms with Gasteiger partial charge in [-0.05, 0) is 50.9 Å². The Hall–Kier alpha value is -0.910. The highest BCUT2D eigenvalue weighted by atomic mass is 32.2. The van der Waals surface area contributed by atoms with Gasteiger partial charge in [-0.3, -0.25) is 0 Å². The van der Waals surface area contributed by atoms with Gasteiger partial charge in [0.2, 0.25) is 10.0 Å². The van der Waals surface area contributed by atoms with E-state index in [0.717, 1.165) is 24.8 Å². The molecule has 0 amide bonds. The molecule has 1 aromatic carbocycles. The van der Waals surface area contributed by atoms with E-state index in [9.17, 15) is 8.42 Å². The summed E-state index contributed by atoms with van der Waals surface area (Å²) in [6, 6.07) is 7.64. The Morgan fingerprint density at radius 1 is 1.40 bits per heavy atom. The molecule has 1 aliphatic carbocycles. The van der Waals surface area contributed by atoms with Crippen molar-refractivity contribution in [1.29, 1.82) is 0 Å². The number of nitrogens with zero attached hydrogens (tertiary/aromatic N) is 1. The minimum atomic E-state index is -3.36. The van der Waals surface area contributed by atoms with Crippen LogP contribution in [0.1, 0.15) is 44.7 Å². The Balaban J connectivity index is 2.32. The molecule has 112 valence electrons. The van der Waals surface area contributed by atoms with Gasteiger partial charge in [0.05, 0.1) is 4.90 Å². The van der Waals surface area contributed by atoms with Crippen molar-refractivity contribution in [3.63, 3.8) is 0 Å². The molecule has 0 spiro atoms. The molecule has 1 atom stereocenters. The van der Waals surface area contributed by atoms with Crippen molar-refractivity contribution in [1.82, 2.24) is 9.62 Å². The highest BCUT2D eigenvalue weighted by Crippen LogP contribution is 2.32. The molecule has 1 unspecified atom stereocenters. The third-order valence-electron chi connectivity index (χ3n) is 3.80. The van der Waals surface area contributed by atoms with E-state index in [-0.39, 0.29) is 12.1 Å². The van der Waals surface area contributed by atoms with Crippen LogP contribution >= 0.6 is 0 Å². The number of hydrogen-bond donors (Lipinski definition) is 1. The van der Waals surface area contributed by atoms with Crippen LogP contribution in [0.15, 0.2) is 29.2 Å². The lowest BCUT2D eigenvalue weighted by Crippen LogP contribution is -2.34. The second-order valence-electron chi connectivity index (χ2n) is 5.43. The predicted octanol–water partition coefficient (Wildman–Crippen LogP) is 2.53. The highest BCUT2D eigenvalue weighted by Gasteiger charge is 2.37. The Morgan fingerprint density at radius 3 is 2.65 bits per heavy atom. The first kappa shape index (κ1) is 15.5. The van der Waals surface area contributed by atoms with E-state index in [2.05, 4.69) is 5.32 Å². The van der Waals surface area contributed by atoms with Crippen molar-refractivity contribution >= 4 is 10.0 Å². The van der Waals surface area contributed by atoms with E-state index in [1.54, 1.807) is 16.4 Å². The molecule has 5 heteroatoms. The zero-order chi connectivity index (χ0) is 14.8. The van der Waals surface area contributed by atoms with Gasteiger partial charge in [-0.1, -0.05) is 19.1 Å². The number of benzene rings is 1. The third kappa shape index (κ3) is 3.22. The Bertz CT molecular complexity index is 553. The van der Waals surface area contributed by atoms with Crippen LogP contribution in [0.2, 0.25) is 0 Å². The molecule has 0 saturated heterocycles. The van der Waals surface area contributed by atoms with Crippen LogP contribution in [0.4, 0.5) is 0 Å². The monoisotopic (exact) mass is 296 g/mol. The minimum Gasteiger partial charge on any atom is -0.313 e. The molecule has 2 rings (SSSR count). The van der Waals surface area contributed by atoms with Gasteiger partial charge < -0.3 is 5.32 Å². The van der Waals surface area contributed by atoms with Crippen LogP contribution in [0.3, 0.4) is 0 Å². The summed E-state index contributed by atoms with van der Waals surface area (Å²) in [5, 5.41) is 3.14. The van der Waals surface area contributed by atoms with E-state index in [0.29, 0.717) is 11.4 Å². The van der Waals surface area contributed by atoms with Crippen molar-refractivity contribution in [3.05, 3.63) is 29.8 Å². The van der Waals surface area contributed by atoms with Gasteiger partial charge in [-0.25, -0.2) is 8.42 Å². The molecule has 20 heavy (non-hydrogen) atoms. The molecule has 4 nitrogen and oxygen atoms in total. The first-order chi connectivity index (χ1) is 9.50. The normalized spacial score (nSPS) is 17.4. The molecule has 0 radical (unpaired) electrons. The average molecular weight is 296 g/mol. The molecular weight excluding hydrogens is 272 g/mol. The standard InChI is InChI=1S/C15H24N2O2S/c1-4-10-17(14-8-9-14)20(18,19)15-7-5-6-13(11-15)12(2)16-3/h5-7,11-12,14,16H,4,8-10H2,1-3H3. The smallest absolute Gasteiger partial charge is 0.243 e. The second-order valence-corrected chi connectivity index (χ2v) is 7.32. The molecule has 1 fully saturated rings. The Morgan fingerprint density at radius 2 is 2.10 bits per heavy atom. The summed E-state index contributed by atoms with van der Waals surface area (Å²) in [5.74, 6) is 0. The first-order valence-electron chi connectivity index (χ1n) is 7.29. The number of rotatable bonds is 7. The molecule has 0 bridgehead atoms. The molecule has 1 N–H and O–H groups in total. The molecule has 0 aromatic heterocycles. The second kappa shape index (κ2) is 6.24. The zero-order valence-corrected chi connectivity index (χ0v) is 13.3. The Kier molecular flexibility index (Phi) is 4.83. The summed E-state index contributed by atoms with van der Waals surface area (Å²) in [5.41, 5.74) is 1.00. The summed E-state index contributed by atoms with van der Waals surface area (Å²) in [6.07, 6.45) is 2.83. The first-order valence-corrected chi connectivity index (χ1v) is 8.73. The van der Waals surface area contributed by atoms with Crippen molar-refractivity contribution in [3.8, 4) is 0 Å². The van der Waals surface area contributed by atoms with Crippen molar-refractivity contribution in [2.24, 2.45) is 0 Å². The van der Waals surface area contributed by atoms with Gasteiger partial charge in [-0.15, -0.1) is 0 Å².